The Morgan fingerprint density at radius 2 is 1.62 bits per heavy atom. The van der Waals surface area contributed by atoms with Crippen molar-refractivity contribution in [1.29, 1.82) is 0 Å². The minimum Gasteiger partial charge on any atom is -0.378 e. The highest BCUT2D eigenvalue weighted by atomic mass is 16.5. The third-order valence-corrected chi connectivity index (χ3v) is 5.97. The summed E-state index contributed by atoms with van der Waals surface area (Å²) in [6.45, 7) is 4.12. The van der Waals surface area contributed by atoms with Gasteiger partial charge in [-0.15, -0.1) is 0 Å². The molecular formula is C22H28N4O3. The van der Waals surface area contributed by atoms with Gasteiger partial charge in [0, 0.05) is 45.0 Å². The molecule has 0 bridgehead atoms. The van der Waals surface area contributed by atoms with Gasteiger partial charge in [-0.2, -0.15) is 5.10 Å². The van der Waals surface area contributed by atoms with Crippen molar-refractivity contribution in [3.63, 3.8) is 0 Å². The molecule has 0 spiro atoms. The van der Waals surface area contributed by atoms with Gasteiger partial charge in [0.2, 0.25) is 0 Å². The summed E-state index contributed by atoms with van der Waals surface area (Å²) >= 11 is 0. The Labute approximate surface area is 171 Å². The minimum atomic E-state index is 0.0643. The third kappa shape index (κ3) is 4.50. The molecule has 0 radical (unpaired) electrons. The number of aryl methyl sites for hydroxylation is 1. The molecule has 7 nitrogen and oxygen atoms in total. The summed E-state index contributed by atoms with van der Waals surface area (Å²) in [5.74, 6) is 0.711. The largest absolute Gasteiger partial charge is 0.378 e. The zero-order valence-corrected chi connectivity index (χ0v) is 16.9. The van der Waals surface area contributed by atoms with E-state index >= 15 is 0 Å². The maximum Gasteiger partial charge on any atom is 0.272 e. The van der Waals surface area contributed by atoms with Crippen molar-refractivity contribution < 1.29 is 14.3 Å². The number of hydrogen-bond acceptors (Lipinski definition) is 4. The molecule has 29 heavy (non-hydrogen) atoms. The summed E-state index contributed by atoms with van der Waals surface area (Å²) in [4.78, 5) is 28.9. The quantitative estimate of drug-likeness (QED) is 0.793. The molecule has 1 aromatic carbocycles. The van der Waals surface area contributed by atoms with Crippen LogP contribution in [0.15, 0.2) is 36.5 Å². The molecule has 1 aromatic heterocycles. The first-order chi connectivity index (χ1) is 14.1. The van der Waals surface area contributed by atoms with E-state index < -0.39 is 0 Å². The topological polar surface area (TPSA) is 67.7 Å². The van der Waals surface area contributed by atoms with Crippen molar-refractivity contribution in [2.45, 2.75) is 19.3 Å². The zero-order chi connectivity index (χ0) is 20.2. The zero-order valence-electron chi connectivity index (χ0n) is 16.9. The molecule has 0 atom stereocenters. The Morgan fingerprint density at radius 1 is 0.966 bits per heavy atom. The van der Waals surface area contributed by atoms with Crippen molar-refractivity contribution in [3.8, 4) is 0 Å². The van der Waals surface area contributed by atoms with Gasteiger partial charge in [0.05, 0.1) is 13.2 Å². The van der Waals surface area contributed by atoms with Crippen LogP contribution in [0.2, 0.25) is 0 Å². The molecule has 0 saturated carbocycles. The number of ether oxygens (including phenoxy) is 1. The molecule has 4 rings (SSSR count). The summed E-state index contributed by atoms with van der Waals surface area (Å²) in [5, 5.41) is 4.09. The van der Waals surface area contributed by atoms with E-state index in [1.807, 2.05) is 21.9 Å². The molecule has 0 N–H and O–H groups in total. The van der Waals surface area contributed by atoms with Crippen LogP contribution in [0.5, 0.6) is 0 Å². The molecular weight excluding hydrogens is 368 g/mol. The van der Waals surface area contributed by atoms with Gasteiger partial charge >= 0.3 is 0 Å². The van der Waals surface area contributed by atoms with E-state index in [1.165, 1.54) is 5.56 Å². The predicted octanol–water partition coefficient (Wildman–Crippen LogP) is 1.99. The maximum atomic E-state index is 12.6. The van der Waals surface area contributed by atoms with E-state index in [-0.39, 0.29) is 11.8 Å². The highest BCUT2D eigenvalue weighted by Crippen LogP contribution is 2.23. The van der Waals surface area contributed by atoms with Gasteiger partial charge in [-0.05, 0) is 48.9 Å². The third-order valence-electron chi connectivity index (χ3n) is 5.97. The van der Waals surface area contributed by atoms with Gasteiger partial charge in [-0.1, -0.05) is 12.1 Å². The number of aromatic nitrogens is 2. The van der Waals surface area contributed by atoms with Crippen molar-refractivity contribution in [3.05, 3.63) is 53.3 Å². The smallest absolute Gasteiger partial charge is 0.272 e. The van der Waals surface area contributed by atoms with Crippen molar-refractivity contribution in [1.82, 2.24) is 19.6 Å². The number of likely N-dealkylation sites (tertiary alicyclic amines) is 1. The first-order valence-electron chi connectivity index (χ1n) is 10.3. The van der Waals surface area contributed by atoms with Crippen molar-refractivity contribution in [2.24, 2.45) is 13.0 Å². The molecule has 0 aliphatic carbocycles. The number of carbonyl (C=O) groups excluding carboxylic acids is 2. The van der Waals surface area contributed by atoms with Crippen LogP contribution in [0.4, 0.5) is 0 Å². The Kier molecular flexibility index (Phi) is 5.94. The summed E-state index contributed by atoms with van der Waals surface area (Å²) in [7, 11) is 1.80. The maximum absolute atomic E-state index is 12.6. The van der Waals surface area contributed by atoms with Crippen LogP contribution in [0, 0.1) is 5.92 Å². The molecule has 0 unspecified atom stereocenters. The molecule has 2 amide bonds. The van der Waals surface area contributed by atoms with Crippen LogP contribution in [-0.4, -0.2) is 70.8 Å². The predicted molar refractivity (Wildman–Crippen MR) is 109 cm³/mol. The molecule has 2 saturated heterocycles. The second-order valence-electron chi connectivity index (χ2n) is 7.88. The molecule has 2 fully saturated rings. The van der Waals surface area contributed by atoms with Crippen LogP contribution in [-0.2, 0) is 18.2 Å². The molecule has 7 heteroatoms. The second-order valence-corrected chi connectivity index (χ2v) is 7.88. The number of rotatable bonds is 4. The van der Waals surface area contributed by atoms with Crippen LogP contribution < -0.4 is 0 Å². The molecule has 2 aliphatic rings. The number of nitrogens with zero attached hydrogens (tertiary/aromatic N) is 4. The second kappa shape index (κ2) is 8.78. The lowest BCUT2D eigenvalue weighted by atomic mass is 9.89. The van der Waals surface area contributed by atoms with Crippen molar-refractivity contribution >= 4 is 11.8 Å². The number of benzene rings is 1. The van der Waals surface area contributed by atoms with Gasteiger partial charge in [-0.3, -0.25) is 14.3 Å². The Balaban J connectivity index is 1.29. The van der Waals surface area contributed by atoms with Crippen LogP contribution in [0.3, 0.4) is 0 Å². The van der Waals surface area contributed by atoms with Crippen molar-refractivity contribution in [2.75, 3.05) is 39.4 Å². The van der Waals surface area contributed by atoms with Gasteiger partial charge in [0.15, 0.2) is 0 Å². The van der Waals surface area contributed by atoms with E-state index in [0.29, 0.717) is 37.9 Å². The standard InChI is InChI=1S/C22H28N4O3/c1-24-20(6-9-23-24)22(28)25-10-7-18(8-11-25)16-17-2-4-19(5-3-17)21(27)26-12-14-29-15-13-26/h2-6,9,18H,7-8,10-16H2,1H3. The lowest BCUT2D eigenvalue weighted by molar-refractivity contribution is 0.0303. The first-order valence-corrected chi connectivity index (χ1v) is 10.3. The lowest BCUT2D eigenvalue weighted by Crippen LogP contribution is -2.40. The van der Waals surface area contributed by atoms with E-state index in [1.54, 1.807) is 24.0 Å². The molecule has 154 valence electrons. The van der Waals surface area contributed by atoms with Gasteiger partial charge in [0.25, 0.3) is 11.8 Å². The van der Waals surface area contributed by atoms with Crippen LogP contribution >= 0.6 is 0 Å². The van der Waals surface area contributed by atoms with E-state index in [9.17, 15) is 9.59 Å². The Morgan fingerprint density at radius 3 is 2.24 bits per heavy atom. The van der Waals surface area contributed by atoms with Crippen LogP contribution in [0.1, 0.15) is 39.3 Å². The van der Waals surface area contributed by atoms with E-state index in [0.717, 1.165) is 37.9 Å². The average Bonchev–Trinajstić information content (AvgIpc) is 3.20. The Bertz CT molecular complexity index is 847. The fraction of sp³-hybridized carbons (Fsp3) is 0.500. The highest BCUT2D eigenvalue weighted by molar-refractivity contribution is 5.94. The normalized spacial score (nSPS) is 18.1. The van der Waals surface area contributed by atoms with Gasteiger partial charge in [-0.25, -0.2) is 0 Å². The molecule has 2 aromatic rings. The number of morpholine rings is 1. The fourth-order valence-electron chi connectivity index (χ4n) is 4.15. The van der Waals surface area contributed by atoms with Crippen LogP contribution in [0.25, 0.3) is 0 Å². The summed E-state index contributed by atoms with van der Waals surface area (Å²) < 4.78 is 6.95. The molecule has 2 aliphatic heterocycles. The number of piperidine rings is 1. The minimum absolute atomic E-state index is 0.0643. The number of carbonyl (C=O) groups is 2. The van der Waals surface area contributed by atoms with E-state index in [2.05, 4.69) is 17.2 Å². The average molecular weight is 396 g/mol. The Hall–Kier alpha value is -2.67. The summed E-state index contributed by atoms with van der Waals surface area (Å²) in [5.41, 5.74) is 2.64. The summed E-state index contributed by atoms with van der Waals surface area (Å²) in [6.07, 6.45) is 4.64. The van der Waals surface area contributed by atoms with Gasteiger partial charge in [0.1, 0.15) is 5.69 Å². The fourth-order valence-corrected chi connectivity index (χ4v) is 4.15. The number of amides is 2. The number of hydrogen-bond donors (Lipinski definition) is 0. The lowest BCUT2D eigenvalue weighted by Gasteiger charge is -2.32. The highest BCUT2D eigenvalue weighted by Gasteiger charge is 2.25. The monoisotopic (exact) mass is 396 g/mol. The SMILES string of the molecule is Cn1nccc1C(=O)N1CCC(Cc2ccc(C(=O)N3CCOCC3)cc2)CC1. The summed E-state index contributed by atoms with van der Waals surface area (Å²) in [6, 6.07) is 9.79. The first kappa shape index (κ1) is 19.6. The van der Waals surface area contributed by atoms with E-state index in [4.69, 9.17) is 4.74 Å². The molecule has 3 heterocycles. The van der Waals surface area contributed by atoms with Gasteiger partial charge < -0.3 is 14.5 Å².